The van der Waals surface area contributed by atoms with Gasteiger partial charge in [-0.25, -0.2) is 9.13 Å². The molecule has 0 aliphatic rings. The number of hydrogen-bond donors (Lipinski definition) is 4. The van der Waals surface area contributed by atoms with Crippen LogP contribution < -0.4 is 0 Å². The molecule has 0 saturated heterocycles. The van der Waals surface area contributed by atoms with Gasteiger partial charge >= 0.3 is 15.6 Å². The molecule has 0 spiro atoms. The van der Waals surface area contributed by atoms with E-state index in [2.05, 4.69) is 4.31 Å². The van der Waals surface area contributed by atoms with Crippen molar-refractivity contribution in [3.05, 3.63) is 0 Å². The Hall–Kier alpha value is 1.30. The normalized spacial score (nSPS) is 11.3. The Morgan fingerprint density at radius 2 is 1.09 bits per heavy atom. The molecule has 71 valence electrons. The summed E-state index contributed by atoms with van der Waals surface area (Å²) in [5.74, 6) is 0. The van der Waals surface area contributed by atoms with E-state index in [1.807, 2.05) is 0 Å². The average molecular weight is 289 g/mol. The van der Waals surface area contributed by atoms with E-state index in [4.69, 9.17) is 19.6 Å². The van der Waals surface area contributed by atoms with E-state index in [1.54, 1.807) is 0 Å². The standard InChI is InChI=1S/Fe.Mn.H4O7P2/c;;1-8(2,3)7-9(4,5)6/h;;(H2,1,2,3)(H2,4,5,6). The molecule has 0 aromatic carbocycles. The van der Waals surface area contributed by atoms with Crippen molar-refractivity contribution >= 4 is 15.6 Å². The molecule has 0 bridgehead atoms. The summed E-state index contributed by atoms with van der Waals surface area (Å²) in [6.45, 7) is 0. The SMILES string of the molecule is O=P(O)(O)OP(=O)(O)O.[Fe].[Mn]. The predicted molar refractivity (Wildman–Crippen MR) is 25.2 cm³/mol. The summed E-state index contributed by atoms with van der Waals surface area (Å²) in [5, 5.41) is 0. The van der Waals surface area contributed by atoms with Crippen molar-refractivity contribution in [2.24, 2.45) is 0 Å². The van der Waals surface area contributed by atoms with Crippen molar-refractivity contribution in [2.45, 2.75) is 0 Å². The Bertz CT molecular complexity index is 157. The van der Waals surface area contributed by atoms with Crippen molar-refractivity contribution in [3.63, 3.8) is 0 Å². The quantitative estimate of drug-likeness (QED) is 0.387. The zero-order valence-electron chi connectivity index (χ0n) is 4.64. The van der Waals surface area contributed by atoms with E-state index in [0.717, 1.165) is 0 Å². The third-order valence-electron chi connectivity index (χ3n) is 0.213. The molecule has 0 heterocycles. The van der Waals surface area contributed by atoms with Crippen molar-refractivity contribution in [2.75, 3.05) is 0 Å². The Kier molecular flexibility index (Phi) is 9.68. The fourth-order valence-electron chi connectivity index (χ4n) is 0.139. The van der Waals surface area contributed by atoms with Gasteiger partial charge in [0.05, 0.1) is 0 Å². The predicted octanol–water partition coefficient (Wildman–Crippen LogP) is -0.817. The van der Waals surface area contributed by atoms with Crippen molar-refractivity contribution in [3.8, 4) is 0 Å². The van der Waals surface area contributed by atoms with E-state index >= 15 is 0 Å². The van der Waals surface area contributed by atoms with E-state index < -0.39 is 15.6 Å². The largest absolute Gasteiger partial charge is 0.478 e. The number of phosphoric acid groups is 2. The van der Waals surface area contributed by atoms with Gasteiger partial charge < -0.3 is 19.6 Å². The first-order valence-electron chi connectivity index (χ1n) is 1.53. The van der Waals surface area contributed by atoms with Crippen LogP contribution >= 0.6 is 15.6 Å². The fourth-order valence-corrected chi connectivity index (χ4v) is 1.25. The van der Waals surface area contributed by atoms with Gasteiger partial charge in [-0.3, -0.25) is 0 Å². The summed E-state index contributed by atoms with van der Waals surface area (Å²) in [5.41, 5.74) is 0. The van der Waals surface area contributed by atoms with Crippen LogP contribution in [0.3, 0.4) is 0 Å². The molecule has 0 aliphatic carbocycles. The van der Waals surface area contributed by atoms with Gasteiger partial charge in [-0.15, -0.1) is 0 Å². The third kappa shape index (κ3) is 18.3. The monoisotopic (exact) mass is 289 g/mol. The zero-order chi connectivity index (χ0) is 7.71. The molecule has 11 heavy (non-hydrogen) atoms. The van der Waals surface area contributed by atoms with Gasteiger partial charge in [0.15, 0.2) is 0 Å². The molecule has 0 fully saturated rings. The van der Waals surface area contributed by atoms with E-state index in [1.165, 1.54) is 0 Å². The molecule has 7 nitrogen and oxygen atoms in total. The Labute approximate surface area is 83.0 Å². The second-order valence-corrected chi connectivity index (χ2v) is 3.68. The maximum atomic E-state index is 9.63. The smallest absolute Gasteiger partial charge is 0.302 e. The average Bonchev–Trinajstić information content (AvgIpc) is 1.14. The number of rotatable bonds is 2. The molecule has 0 rings (SSSR count). The molecule has 4 N–H and O–H groups in total. The molecule has 11 heteroatoms. The van der Waals surface area contributed by atoms with Gasteiger partial charge in [-0.05, 0) is 0 Å². The zero-order valence-corrected chi connectivity index (χ0v) is 8.71. The summed E-state index contributed by atoms with van der Waals surface area (Å²) in [6.07, 6.45) is 0. The summed E-state index contributed by atoms with van der Waals surface area (Å²) in [7, 11) is -10.1. The Morgan fingerprint density at radius 3 is 1.09 bits per heavy atom. The first-order valence-corrected chi connectivity index (χ1v) is 4.59. The molecule has 1 radical (unpaired) electrons. The van der Waals surface area contributed by atoms with Crippen LogP contribution in [0.4, 0.5) is 0 Å². The van der Waals surface area contributed by atoms with E-state index in [9.17, 15) is 9.13 Å². The van der Waals surface area contributed by atoms with Crippen LogP contribution in [0.1, 0.15) is 0 Å². The maximum absolute atomic E-state index is 9.63. The van der Waals surface area contributed by atoms with Crippen LogP contribution in [-0.4, -0.2) is 19.6 Å². The van der Waals surface area contributed by atoms with Gasteiger partial charge in [-0.1, -0.05) is 0 Å². The molecule has 0 amide bonds. The second-order valence-electron chi connectivity index (χ2n) is 1.06. The van der Waals surface area contributed by atoms with E-state index in [-0.39, 0.29) is 34.1 Å². The summed E-state index contributed by atoms with van der Waals surface area (Å²) in [6, 6.07) is 0. The van der Waals surface area contributed by atoms with Crippen LogP contribution in [0.2, 0.25) is 0 Å². The minimum absolute atomic E-state index is 0. The Morgan fingerprint density at radius 1 is 0.909 bits per heavy atom. The van der Waals surface area contributed by atoms with Crippen LogP contribution in [0.5, 0.6) is 0 Å². The van der Waals surface area contributed by atoms with Gasteiger partial charge in [0, 0.05) is 34.1 Å². The van der Waals surface area contributed by atoms with Gasteiger partial charge in [0.1, 0.15) is 0 Å². The van der Waals surface area contributed by atoms with Crippen LogP contribution in [0, 0.1) is 0 Å². The van der Waals surface area contributed by atoms with E-state index in [0.29, 0.717) is 0 Å². The molecule has 0 atom stereocenters. The first kappa shape index (κ1) is 18.2. The maximum Gasteiger partial charge on any atom is 0.478 e. The van der Waals surface area contributed by atoms with Crippen LogP contribution in [-0.2, 0) is 47.6 Å². The topological polar surface area (TPSA) is 124 Å². The molecule has 0 aromatic heterocycles. The molecular weight excluding hydrogens is 285 g/mol. The third-order valence-corrected chi connectivity index (χ3v) is 1.91. The Balaban J connectivity index is -0.000000320. The molecule has 0 saturated carbocycles. The summed E-state index contributed by atoms with van der Waals surface area (Å²) in [4.78, 5) is 31.0. The molecular formula is H4FeMnO7P2. The van der Waals surface area contributed by atoms with Crippen molar-refractivity contribution < 1.29 is 67.2 Å². The molecule has 0 aliphatic heterocycles. The first-order chi connectivity index (χ1) is 3.71. The molecule has 0 aromatic rings. The number of hydrogen-bond acceptors (Lipinski definition) is 3. The summed E-state index contributed by atoms with van der Waals surface area (Å²) >= 11 is 0. The van der Waals surface area contributed by atoms with Gasteiger partial charge in [0.2, 0.25) is 0 Å². The van der Waals surface area contributed by atoms with Crippen molar-refractivity contribution in [1.82, 2.24) is 0 Å². The van der Waals surface area contributed by atoms with Crippen molar-refractivity contribution in [1.29, 1.82) is 0 Å². The minimum Gasteiger partial charge on any atom is -0.302 e. The minimum atomic E-state index is -5.05. The van der Waals surface area contributed by atoms with Gasteiger partial charge in [-0.2, -0.15) is 4.31 Å². The van der Waals surface area contributed by atoms with Crippen LogP contribution in [0.25, 0.3) is 0 Å². The second kappa shape index (κ2) is 5.86. The summed E-state index contributed by atoms with van der Waals surface area (Å²) < 4.78 is 22.2. The molecule has 0 unspecified atom stereocenters. The van der Waals surface area contributed by atoms with Gasteiger partial charge in [0.25, 0.3) is 0 Å². The van der Waals surface area contributed by atoms with Crippen LogP contribution in [0.15, 0.2) is 0 Å². The fraction of sp³-hybridized carbons (Fsp3) is 0.